The summed E-state index contributed by atoms with van der Waals surface area (Å²) in [6.45, 7) is 0.557. The molecule has 1 aromatic heterocycles. The zero-order valence-electron chi connectivity index (χ0n) is 6.00. The molecule has 0 saturated carbocycles. The molecular weight excluding hydrogens is 204 g/mol. The molecule has 2 N–H and O–H groups in total. The van der Waals surface area contributed by atoms with Gasteiger partial charge in [-0.2, -0.15) is 0 Å². The maximum absolute atomic E-state index is 5.30. The molecule has 11 heavy (non-hydrogen) atoms. The Kier molecular flexibility index (Phi) is 3.26. The van der Waals surface area contributed by atoms with Crippen LogP contribution in [0.15, 0.2) is 29.0 Å². The van der Waals surface area contributed by atoms with Crippen LogP contribution in [0.5, 0.6) is 0 Å². The molecule has 0 aliphatic rings. The zero-order valence-corrected chi connectivity index (χ0v) is 7.58. The van der Waals surface area contributed by atoms with Crippen LogP contribution in [0, 0.1) is 0 Å². The Morgan fingerprint density at radius 3 is 3.09 bits per heavy atom. The summed E-state index contributed by atoms with van der Waals surface area (Å²) in [6, 6.07) is 3.87. The molecule has 0 aromatic carbocycles. The summed E-state index contributed by atoms with van der Waals surface area (Å²) in [6.07, 6.45) is 5.57. The van der Waals surface area contributed by atoms with Gasteiger partial charge in [-0.3, -0.25) is 0 Å². The van der Waals surface area contributed by atoms with E-state index in [0.29, 0.717) is 6.54 Å². The third-order valence-electron chi connectivity index (χ3n) is 1.22. The lowest BCUT2D eigenvalue weighted by Gasteiger charge is -1.94. The van der Waals surface area contributed by atoms with Crippen LogP contribution >= 0.6 is 15.9 Å². The first-order valence-electron chi connectivity index (χ1n) is 3.31. The second-order valence-electron chi connectivity index (χ2n) is 2.02. The lowest BCUT2D eigenvalue weighted by Crippen LogP contribution is -1.92. The molecule has 0 atom stereocenters. The number of hydrogen-bond donors (Lipinski definition) is 1. The number of nitrogens with zero attached hydrogens (tertiary/aromatic N) is 1. The van der Waals surface area contributed by atoms with Crippen LogP contribution in [0.1, 0.15) is 5.56 Å². The largest absolute Gasteiger partial charge is 0.327 e. The summed E-state index contributed by atoms with van der Waals surface area (Å²) in [4.78, 5) is 4.06. The van der Waals surface area contributed by atoms with Crippen molar-refractivity contribution in [3.8, 4) is 0 Å². The summed E-state index contributed by atoms with van der Waals surface area (Å²) < 4.78 is 0.852. The van der Waals surface area contributed by atoms with Crippen molar-refractivity contribution >= 4 is 22.0 Å². The van der Waals surface area contributed by atoms with Gasteiger partial charge < -0.3 is 5.73 Å². The van der Waals surface area contributed by atoms with Crippen molar-refractivity contribution in [1.82, 2.24) is 4.98 Å². The first-order chi connectivity index (χ1) is 5.34. The highest BCUT2D eigenvalue weighted by Crippen LogP contribution is 2.13. The minimum Gasteiger partial charge on any atom is -0.327 e. The third-order valence-corrected chi connectivity index (χ3v) is 1.88. The first-order valence-corrected chi connectivity index (χ1v) is 4.11. The Hall–Kier alpha value is -0.670. The van der Waals surface area contributed by atoms with Crippen LogP contribution in [-0.2, 0) is 0 Å². The Morgan fingerprint density at radius 2 is 2.45 bits per heavy atom. The molecule has 1 aromatic rings. The molecule has 0 aliphatic carbocycles. The number of hydrogen-bond acceptors (Lipinski definition) is 2. The SMILES string of the molecule is NCC=Cc1cccnc1Br. The smallest absolute Gasteiger partial charge is 0.113 e. The molecule has 0 aliphatic heterocycles. The zero-order chi connectivity index (χ0) is 8.10. The van der Waals surface area contributed by atoms with Gasteiger partial charge in [0.25, 0.3) is 0 Å². The van der Waals surface area contributed by atoms with E-state index in [0.717, 1.165) is 10.2 Å². The maximum Gasteiger partial charge on any atom is 0.113 e. The average Bonchev–Trinajstić information content (AvgIpc) is 2.03. The predicted octanol–water partition coefficient (Wildman–Crippen LogP) is 1.82. The molecule has 0 unspecified atom stereocenters. The Labute approximate surface area is 74.3 Å². The fraction of sp³-hybridized carbons (Fsp3) is 0.125. The van der Waals surface area contributed by atoms with E-state index >= 15 is 0 Å². The third kappa shape index (κ3) is 2.44. The summed E-state index contributed by atoms with van der Waals surface area (Å²) >= 11 is 3.32. The Bertz CT molecular complexity index is 258. The van der Waals surface area contributed by atoms with Crippen LogP contribution in [0.2, 0.25) is 0 Å². The molecule has 2 nitrogen and oxygen atoms in total. The average molecular weight is 213 g/mol. The number of halogens is 1. The number of nitrogens with two attached hydrogens (primary N) is 1. The number of aromatic nitrogens is 1. The van der Waals surface area contributed by atoms with Crippen molar-refractivity contribution in [1.29, 1.82) is 0 Å². The highest BCUT2D eigenvalue weighted by atomic mass is 79.9. The lowest BCUT2D eigenvalue weighted by molar-refractivity contribution is 1.24. The Morgan fingerprint density at radius 1 is 1.64 bits per heavy atom. The first kappa shape index (κ1) is 8.43. The monoisotopic (exact) mass is 212 g/mol. The quantitative estimate of drug-likeness (QED) is 0.761. The van der Waals surface area contributed by atoms with Gasteiger partial charge in [0.15, 0.2) is 0 Å². The van der Waals surface area contributed by atoms with E-state index in [1.54, 1.807) is 6.20 Å². The van der Waals surface area contributed by atoms with Gasteiger partial charge in [0, 0.05) is 18.3 Å². The van der Waals surface area contributed by atoms with E-state index in [1.807, 2.05) is 24.3 Å². The van der Waals surface area contributed by atoms with E-state index in [1.165, 1.54) is 0 Å². The van der Waals surface area contributed by atoms with Gasteiger partial charge in [0.1, 0.15) is 4.60 Å². The maximum atomic E-state index is 5.30. The highest BCUT2D eigenvalue weighted by Gasteiger charge is 1.92. The van der Waals surface area contributed by atoms with Crippen molar-refractivity contribution in [2.24, 2.45) is 5.73 Å². The summed E-state index contributed by atoms with van der Waals surface area (Å²) in [5, 5.41) is 0. The molecule has 0 amide bonds. The number of rotatable bonds is 2. The van der Waals surface area contributed by atoms with E-state index in [-0.39, 0.29) is 0 Å². The summed E-state index contributed by atoms with van der Waals surface area (Å²) in [5.41, 5.74) is 6.36. The highest BCUT2D eigenvalue weighted by molar-refractivity contribution is 9.10. The molecular formula is C8H9BrN2. The fourth-order valence-corrected chi connectivity index (χ4v) is 1.10. The topological polar surface area (TPSA) is 38.9 Å². The molecule has 3 heteroatoms. The molecule has 1 rings (SSSR count). The van der Waals surface area contributed by atoms with Crippen molar-refractivity contribution in [3.05, 3.63) is 34.6 Å². The molecule has 1 heterocycles. The van der Waals surface area contributed by atoms with Crippen LogP contribution in [0.4, 0.5) is 0 Å². The van der Waals surface area contributed by atoms with Crippen molar-refractivity contribution < 1.29 is 0 Å². The molecule has 58 valence electrons. The van der Waals surface area contributed by atoms with E-state index in [9.17, 15) is 0 Å². The van der Waals surface area contributed by atoms with Gasteiger partial charge in [0.2, 0.25) is 0 Å². The second kappa shape index (κ2) is 4.26. The van der Waals surface area contributed by atoms with Gasteiger partial charge in [-0.1, -0.05) is 18.2 Å². The molecule has 0 saturated heterocycles. The summed E-state index contributed by atoms with van der Waals surface area (Å²) in [5.74, 6) is 0. The van der Waals surface area contributed by atoms with Crippen LogP contribution in [-0.4, -0.2) is 11.5 Å². The summed E-state index contributed by atoms with van der Waals surface area (Å²) in [7, 11) is 0. The number of pyridine rings is 1. The van der Waals surface area contributed by atoms with Crippen molar-refractivity contribution in [2.45, 2.75) is 0 Å². The predicted molar refractivity (Wildman–Crippen MR) is 50.0 cm³/mol. The van der Waals surface area contributed by atoms with Crippen LogP contribution < -0.4 is 5.73 Å². The molecule has 0 radical (unpaired) electrons. The van der Waals surface area contributed by atoms with Crippen molar-refractivity contribution in [3.63, 3.8) is 0 Å². The van der Waals surface area contributed by atoms with E-state index < -0.39 is 0 Å². The lowest BCUT2D eigenvalue weighted by atomic mass is 10.2. The van der Waals surface area contributed by atoms with Gasteiger partial charge >= 0.3 is 0 Å². The minimum atomic E-state index is 0.557. The van der Waals surface area contributed by atoms with E-state index in [4.69, 9.17) is 5.73 Å². The molecule has 0 spiro atoms. The standard InChI is InChI=1S/C8H9BrN2/c9-8-7(3-1-5-10)4-2-6-11-8/h1-4,6H,5,10H2. The van der Waals surface area contributed by atoms with Crippen molar-refractivity contribution in [2.75, 3.05) is 6.54 Å². The Balaban J connectivity index is 2.86. The van der Waals surface area contributed by atoms with Gasteiger partial charge in [-0.05, 0) is 22.0 Å². The normalized spacial score (nSPS) is 10.7. The molecule has 0 fully saturated rings. The minimum absolute atomic E-state index is 0.557. The van der Waals surface area contributed by atoms with Gasteiger partial charge in [0.05, 0.1) is 0 Å². The van der Waals surface area contributed by atoms with E-state index in [2.05, 4.69) is 20.9 Å². The molecule has 0 bridgehead atoms. The van der Waals surface area contributed by atoms with Gasteiger partial charge in [-0.25, -0.2) is 4.98 Å². The van der Waals surface area contributed by atoms with Crippen LogP contribution in [0.25, 0.3) is 6.08 Å². The van der Waals surface area contributed by atoms with Crippen LogP contribution in [0.3, 0.4) is 0 Å². The fourth-order valence-electron chi connectivity index (χ4n) is 0.718. The second-order valence-corrected chi connectivity index (χ2v) is 2.77. The van der Waals surface area contributed by atoms with Gasteiger partial charge in [-0.15, -0.1) is 0 Å².